The summed E-state index contributed by atoms with van der Waals surface area (Å²) >= 11 is 0. The highest BCUT2D eigenvalue weighted by Gasteiger charge is 2.49. The number of likely N-dealkylation sites (tertiary alicyclic amines) is 1. The topological polar surface area (TPSA) is 74.4 Å². The van der Waals surface area contributed by atoms with Gasteiger partial charge in [-0.1, -0.05) is 0 Å². The average Bonchev–Trinajstić information content (AvgIpc) is 3.11. The van der Waals surface area contributed by atoms with Gasteiger partial charge >= 0.3 is 6.03 Å². The number of ether oxygens (including phenoxy) is 2. The maximum absolute atomic E-state index is 13.4. The maximum Gasteiger partial charge on any atom is 0.324 e. The monoisotopic (exact) mass is 410 g/mol. The molecule has 3 fully saturated rings. The summed E-state index contributed by atoms with van der Waals surface area (Å²) in [5.41, 5.74) is 0. The van der Waals surface area contributed by atoms with Gasteiger partial charge in [0.2, 0.25) is 5.91 Å². The Balaban J connectivity index is 1.67. The molecule has 2 aliphatic heterocycles. The molecule has 0 aromatic carbocycles. The second-order valence-corrected chi connectivity index (χ2v) is 9.03. The van der Waals surface area contributed by atoms with Gasteiger partial charge in [0, 0.05) is 38.5 Å². The van der Waals surface area contributed by atoms with Gasteiger partial charge in [0.15, 0.2) is 5.79 Å². The highest BCUT2D eigenvalue weighted by Crippen LogP contribution is 2.45. The number of imide groups is 1. The number of rotatable bonds is 6. The quantitative estimate of drug-likeness (QED) is 0.713. The summed E-state index contributed by atoms with van der Waals surface area (Å²) in [7, 11) is 6.11. The predicted molar refractivity (Wildman–Crippen MR) is 110 cm³/mol. The van der Waals surface area contributed by atoms with E-state index in [9.17, 15) is 9.59 Å². The summed E-state index contributed by atoms with van der Waals surface area (Å²) < 4.78 is 11.9. The van der Waals surface area contributed by atoms with Crippen molar-refractivity contribution in [3.8, 4) is 0 Å². The smallest absolute Gasteiger partial charge is 0.324 e. The van der Waals surface area contributed by atoms with Gasteiger partial charge in [-0.15, -0.1) is 0 Å². The highest BCUT2D eigenvalue weighted by molar-refractivity contribution is 5.95. The predicted octanol–water partition coefficient (Wildman–Crippen LogP) is 1.36. The van der Waals surface area contributed by atoms with Crippen LogP contribution in [0.2, 0.25) is 0 Å². The molecule has 0 bridgehead atoms. The van der Waals surface area contributed by atoms with Crippen LogP contribution in [-0.2, 0) is 14.3 Å². The number of piperidine rings is 1. The number of carbonyl (C=O) groups is 2. The van der Waals surface area contributed by atoms with Crippen LogP contribution in [0, 0.1) is 11.8 Å². The molecule has 8 nitrogen and oxygen atoms in total. The summed E-state index contributed by atoms with van der Waals surface area (Å²) in [4.78, 5) is 31.8. The highest BCUT2D eigenvalue weighted by atomic mass is 16.7. The lowest BCUT2D eigenvalue weighted by Crippen LogP contribution is -2.57. The summed E-state index contributed by atoms with van der Waals surface area (Å²) in [6, 6.07) is 0.188. The van der Waals surface area contributed by atoms with E-state index in [1.165, 1.54) is 4.90 Å². The molecule has 1 saturated carbocycles. The number of nitrogens with one attached hydrogen (secondary N) is 1. The van der Waals surface area contributed by atoms with Crippen molar-refractivity contribution >= 4 is 11.9 Å². The molecule has 3 atom stereocenters. The lowest BCUT2D eigenvalue weighted by molar-refractivity contribution is -0.202. The fourth-order valence-corrected chi connectivity index (χ4v) is 5.25. The normalized spacial score (nSPS) is 29.1. The first-order valence-corrected chi connectivity index (χ1v) is 11.1. The molecule has 8 heteroatoms. The van der Waals surface area contributed by atoms with Crippen LogP contribution >= 0.6 is 0 Å². The molecule has 3 aliphatic rings. The third-order valence-electron chi connectivity index (χ3n) is 6.59. The number of nitrogens with zero attached hydrogens (tertiary/aromatic N) is 3. The number of amides is 3. The van der Waals surface area contributed by atoms with E-state index in [-0.39, 0.29) is 17.9 Å². The fourth-order valence-electron chi connectivity index (χ4n) is 5.25. The standard InChI is InChI=1S/C21H38N4O4/c1-5-22-20(27)25(10-6-9-23(2)3)19(26)17-13-16-14-21(28-11-12-29-21)8-7-18(16)24(4)15-17/h16-18H,5-15H2,1-4H3,(H,22,27). The lowest BCUT2D eigenvalue weighted by Gasteiger charge is -2.49. The Hall–Kier alpha value is -1.22. The second-order valence-electron chi connectivity index (χ2n) is 9.03. The second kappa shape index (κ2) is 9.73. The molecule has 3 unspecified atom stereocenters. The van der Waals surface area contributed by atoms with E-state index in [2.05, 4.69) is 22.2 Å². The summed E-state index contributed by atoms with van der Waals surface area (Å²) in [5, 5.41) is 2.81. The van der Waals surface area contributed by atoms with E-state index in [0.29, 0.717) is 44.8 Å². The largest absolute Gasteiger partial charge is 0.348 e. The molecule has 0 aromatic rings. The molecule has 1 aliphatic carbocycles. The zero-order chi connectivity index (χ0) is 21.0. The van der Waals surface area contributed by atoms with Gasteiger partial charge < -0.3 is 24.6 Å². The van der Waals surface area contributed by atoms with Gasteiger partial charge in [0.25, 0.3) is 0 Å². The van der Waals surface area contributed by atoms with E-state index in [4.69, 9.17) is 9.47 Å². The Bertz CT molecular complexity index is 579. The summed E-state index contributed by atoms with van der Waals surface area (Å²) in [6.07, 6.45) is 4.37. The Labute approximate surface area is 174 Å². The Morgan fingerprint density at radius 2 is 1.93 bits per heavy atom. The molecule has 2 saturated heterocycles. The number of fused-ring (bicyclic) bond motifs is 1. The number of hydrogen-bond donors (Lipinski definition) is 1. The Morgan fingerprint density at radius 1 is 1.21 bits per heavy atom. The van der Waals surface area contributed by atoms with Gasteiger partial charge in [0.1, 0.15) is 0 Å². The van der Waals surface area contributed by atoms with Crippen molar-refractivity contribution in [3.05, 3.63) is 0 Å². The van der Waals surface area contributed by atoms with Crippen molar-refractivity contribution in [1.29, 1.82) is 0 Å². The molecular formula is C21H38N4O4. The third-order valence-corrected chi connectivity index (χ3v) is 6.59. The van der Waals surface area contributed by atoms with Gasteiger partial charge in [-0.25, -0.2) is 4.79 Å². The van der Waals surface area contributed by atoms with Crippen LogP contribution in [0.15, 0.2) is 0 Å². The molecular weight excluding hydrogens is 372 g/mol. The number of hydrogen-bond acceptors (Lipinski definition) is 6. The molecule has 3 rings (SSSR count). The molecule has 29 heavy (non-hydrogen) atoms. The minimum Gasteiger partial charge on any atom is -0.348 e. The van der Waals surface area contributed by atoms with Gasteiger partial charge in [-0.05, 0) is 59.8 Å². The zero-order valence-corrected chi connectivity index (χ0v) is 18.5. The number of urea groups is 1. The van der Waals surface area contributed by atoms with E-state index in [1.54, 1.807) is 0 Å². The van der Waals surface area contributed by atoms with Crippen LogP contribution in [0.1, 0.15) is 39.0 Å². The van der Waals surface area contributed by atoms with Crippen molar-refractivity contribution in [3.63, 3.8) is 0 Å². The van der Waals surface area contributed by atoms with Crippen LogP contribution in [0.5, 0.6) is 0 Å². The first-order chi connectivity index (χ1) is 13.8. The molecule has 0 radical (unpaired) electrons. The van der Waals surface area contributed by atoms with Crippen LogP contribution in [0.4, 0.5) is 4.79 Å². The van der Waals surface area contributed by atoms with Crippen LogP contribution in [-0.4, -0.2) is 99.0 Å². The lowest BCUT2D eigenvalue weighted by atomic mass is 9.72. The molecule has 0 aromatic heterocycles. The van der Waals surface area contributed by atoms with Crippen molar-refractivity contribution in [2.45, 2.75) is 50.9 Å². The van der Waals surface area contributed by atoms with Crippen molar-refractivity contribution < 1.29 is 19.1 Å². The van der Waals surface area contributed by atoms with Gasteiger partial charge in [0.05, 0.1) is 19.1 Å². The summed E-state index contributed by atoms with van der Waals surface area (Å²) in [6.45, 7) is 5.71. The molecule has 2 heterocycles. The van der Waals surface area contributed by atoms with E-state index < -0.39 is 5.79 Å². The van der Waals surface area contributed by atoms with Crippen molar-refractivity contribution in [2.75, 3.05) is 60.5 Å². The number of carbonyl (C=O) groups excluding carboxylic acids is 2. The third kappa shape index (κ3) is 5.29. The van der Waals surface area contributed by atoms with E-state index in [0.717, 1.165) is 38.6 Å². The van der Waals surface area contributed by atoms with Gasteiger partial charge in [-0.3, -0.25) is 9.69 Å². The molecule has 1 N–H and O–H groups in total. The molecule has 3 amide bonds. The minimum absolute atomic E-state index is 0.0483. The molecule has 1 spiro atoms. The van der Waals surface area contributed by atoms with Crippen molar-refractivity contribution in [1.82, 2.24) is 20.0 Å². The minimum atomic E-state index is -0.447. The first-order valence-electron chi connectivity index (χ1n) is 11.1. The maximum atomic E-state index is 13.4. The zero-order valence-electron chi connectivity index (χ0n) is 18.5. The first kappa shape index (κ1) is 22.5. The Morgan fingerprint density at radius 3 is 2.59 bits per heavy atom. The molecule has 166 valence electrons. The van der Waals surface area contributed by atoms with E-state index in [1.807, 2.05) is 21.0 Å². The fraction of sp³-hybridized carbons (Fsp3) is 0.905. The van der Waals surface area contributed by atoms with Crippen molar-refractivity contribution in [2.24, 2.45) is 11.8 Å². The van der Waals surface area contributed by atoms with Crippen LogP contribution < -0.4 is 5.32 Å². The van der Waals surface area contributed by atoms with Crippen LogP contribution in [0.3, 0.4) is 0 Å². The SMILES string of the molecule is CCNC(=O)N(CCCN(C)C)C(=O)C1CC2CC3(CCC2N(C)C1)OCCO3. The average molecular weight is 411 g/mol. The summed E-state index contributed by atoms with van der Waals surface area (Å²) in [5.74, 6) is -0.308. The Kier molecular flexibility index (Phi) is 7.53. The van der Waals surface area contributed by atoms with E-state index >= 15 is 0 Å². The van der Waals surface area contributed by atoms with Gasteiger partial charge in [-0.2, -0.15) is 0 Å². The van der Waals surface area contributed by atoms with Crippen LogP contribution in [0.25, 0.3) is 0 Å².